The van der Waals surface area contributed by atoms with Gasteiger partial charge >= 0.3 is 5.97 Å². The van der Waals surface area contributed by atoms with Gasteiger partial charge in [0.2, 0.25) is 0 Å². The van der Waals surface area contributed by atoms with Gasteiger partial charge in [0.05, 0.1) is 16.8 Å². The summed E-state index contributed by atoms with van der Waals surface area (Å²) in [5, 5.41) is 11.6. The van der Waals surface area contributed by atoms with Gasteiger partial charge in [-0.3, -0.25) is 4.79 Å². The summed E-state index contributed by atoms with van der Waals surface area (Å²) in [4.78, 5) is 24.0. The summed E-state index contributed by atoms with van der Waals surface area (Å²) in [5.41, 5.74) is 0.246. The van der Waals surface area contributed by atoms with Crippen LogP contribution in [0.2, 0.25) is 5.02 Å². The number of esters is 1. The van der Waals surface area contributed by atoms with Crippen molar-refractivity contribution < 1.29 is 18.7 Å². The molecule has 0 aliphatic heterocycles. The summed E-state index contributed by atoms with van der Waals surface area (Å²) in [7, 11) is 0. The van der Waals surface area contributed by atoms with E-state index in [9.17, 15) is 14.0 Å². The van der Waals surface area contributed by atoms with Gasteiger partial charge in [-0.05, 0) is 37.3 Å². The summed E-state index contributed by atoms with van der Waals surface area (Å²) < 4.78 is 18.6. The molecule has 24 heavy (non-hydrogen) atoms. The predicted octanol–water partition coefficient (Wildman–Crippen LogP) is 3.53. The molecule has 2 rings (SSSR count). The number of nitrogens with zero attached hydrogens (tertiary/aromatic N) is 1. The molecule has 0 aliphatic rings. The number of ether oxygens (including phenoxy) is 1. The van der Waals surface area contributed by atoms with Gasteiger partial charge in [0.15, 0.2) is 6.10 Å². The number of amides is 1. The van der Waals surface area contributed by atoms with Crippen LogP contribution < -0.4 is 5.32 Å². The van der Waals surface area contributed by atoms with Crippen LogP contribution >= 0.6 is 11.6 Å². The molecule has 1 atom stereocenters. The molecule has 0 heterocycles. The maximum Gasteiger partial charge on any atom is 0.341 e. The van der Waals surface area contributed by atoms with E-state index in [0.29, 0.717) is 5.69 Å². The zero-order chi connectivity index (χ0) is 17.7. The van der Waals surface area contributed by atoms with E-state index in [4.69, 9.17) is 21.6 Å². The van der Waals surface area contributed by atoms with Gasteiger partial charge in [-0.2, -0.15) is 5.26 Å². The molecule has 0 saturated carbocycles. The second-order valence-electron chi connectivity index (χ2n) is 4.82. The van der Waals surface area contributed by atoms with Crippen LogP contribution in [-0.2, 0) is 9.53 Å². The molecule has 5 nitrogen and oxygen atoms in total. The van der Waals surface area contributed by atoms with E-state index in [1.807, 2.05) is 6.07 Å². The lowest BCUT2D eigenvalue weighted by Gasteiger charge is -2.14. The smallest absolute Gasteiger partial charge is 0.341 e. The van der Waals surface area contributed by atoms with Gasteiger partial charge in [-0.15, -0.1) is 0 Å². The number of benzene rings is 2. The van der Waals surface area contributed by atoms with Gasteiger partial charge in [0.1, 0.15) is 11.9 Å². The fourth-order valence-electron chi connectivity index (χ4n) is 1.86. The number of nitrogens with one attached hydrogen (secondary N) is 1. The predicted molar refractivity (Wildman–Crippen MR) is 86.1 cm³/mol. The van der Waals surface area contributed by atoms with Crippen molar-refractivity contribution in [2.45, 2.75) is 13.0 Å². The SMILES string of the molecule is C[C@H](OC(=O)c1ccc(Cl)cc1F)C(=O)Nc1ccccc1C#N. The molecule has 122 valence electrons. The Labute approximate surface area is 142 Å². The number of anilines is 1. The van der Waals surface area contributed by atoms with Crippen molar-refractivity contribution in [3.8, 4) is 6.07 Å². The Morgan fingerprint density at radius 1 is 1.29 bits per heavy atom. The van der Waals surface area contributed by atoms with Crippen molar-refractivity contribution in [3.63, 3.8) is 0 Å². The molecular weight excluding hydrogens is 335 g/mol. The number of para-hydroxylation sites is 1. The quantitative estimate of drug-likeness (QED) is 0.859. The average molecular weight is 347 g/mol. The van der Waals surface area contributed by atoms with Gasteiger partial charge < -0.3 is 10.1 Å². The molecule has 0 aromatic heterocycles. The molecule has 0 saturated heterocycles. The third kappa shape index (κ3) is 4.09. The normalized spacial score (nSPS) is 11.2. The van der Waals surface area contributed by atoms with Crippen LogP contribution in [0.1, 0.15) is 22.8 Å². The molecule has 0 unspecified atom stereocenters. The lowest BCUT2D eigenvalue weighted by atomic mass is 10.2. The Kier molecular flexibility index (Phi) is 5.51. The fourth-order valence-corrected chi connectivity index (χ4v) is 2.02. The maximum atomic E-state index is 13.7. The van der Waals surface area contributed by atoms with E-state index >= 15 is 0 Å². The van der Waals surface area contributed by atoms with Crippen LogP contribution in [0.5, 0.6) is 0 Å². The van der Waals surface area contributed by atoms with E-state index in [0.717, 1.165) is 6.07 Å². The summed E-state index contributed by atoms with van der Waals surface area (Å²) in [6, 6.07) is 11.8. The van der Waals surface area contributed by atoms with Crippen molar-refractivity contribution >= 4 is 29.2 Å². The number of hydrogen-bond donors (Lipinski definition) is 1. The topological polar surface area (TPSA) is 79.2 Å². The first-order valence-corrected chi connectivity index (χ1v) is 7.26. The Morgan fingerprint density at radius 3 is 2.67 bits per heavy atom. The summed E-state index contributed by atoms with van der Waals surface area (Å²) in [5.74, 6) is -2.46. The van der Waals surface area contributed by atoms with E-state index in [1.165, 1.54) is 25.1 Å². The first-order chi connectivity index (χ1) is 11.4. The minimum Gasteiger partial charge on any atom is -0.449 e. The summed E-state index contributed by atoms with van der Waals surface area (Å²) in [6.07, 6.45) is -1.18. The summed E-state index contributed by atoms with van der Waals surface area (Å²) in [6.45, 7) is 1.34. The number of nitriles is 1. The van der Waals surface area contributed by atoms with Gasteiger partial charge in [0, 0.05) is 5.02 Å². The Bertz CT molecular complexity index is 833. The first kappa shape index (κ1) is 17.4. The van der Waals surface area contributed by atoms with Gasteiger partial charge in [-0.25, -0.2) is 9.18 Å². The minimum atomic E-state index is -1.18. The van der Waals surface area contributed by atoms with Crippen molar-refractivity contribution in [1.29, 1.82) is 5.26 Å². The van der Waals surface area contributed by atoms with Crippen LogP contribution in [0, 0.1) is 17.1 Å². The van der Waals surface area contributed by atoms with Crippen molar-refractivity contribution in [3.05, 3.63) is 64.4 Å². The number of halogens is 2. The molecular formula is C17H12ClFN2O3. The lowest BCUT2D eigenvalue weighted by Crippen LogP contribution is -2.30. The summed E-state index contributed by atoms with van der Waals surface area (Å²) >= 11 is 5.61. The Hall–Kier alpha value is -2.91. The minimum absolute atomic E-state index is 0.142. The van der Waals surface area contributed by atoms with E-state index in [1.54, 1.807) is 18.2 Å². The standard InChI is InChI=1S/C17H12ClFN2O3/c1-10(16(22)21-15-5-3-2-4-11(15)9-20)24-17(23)13-7-6-12(18)8-14(13)19/h2-8,10H,1H3,(H,21,22)/t10-/m0/s1. The zero-order valence-electron chi connectivity index (χ0n) is 12.5. The maximum absolute atomic E-state index is 13.7. The highest BCUT2D eigenvalue weighted by Crippen LogP contribution is 2.17. The molecule has 0 aliphatic carbocycles. The largest absolute Gasteiger partial charge is 0.449 e. The monoisotopic (exact) mass is 346 g/mol. The second kappa shape index (κ2) is 7.57. The molecule has 0 fully saturated rings. The third-order valence-corrected chi connectivity index (χ3v) is 3.34. The van der Waals surface area contributed by atoms with Crippen LogP contribution in [0.25, 0.3) is 0 Å². The number of carbonyl (C=O) groups is 2. The van der Waals surface area contributed by atoms with Crippen molar-refractivity contribution in [2.75, 3.05) is 5.32 Å². The molecule has 2 aromatic carbocycles. The van der Waals surface area contributed by atoms with Crippen LogP contribution in [-0.4, -0.2) is 18.0 Å². The molecule has 7 heteroatoms. The zero-order valence-corrected chi connectivity index (χ0v) is 13.3. The number of hydrogen-bond acceptors (Lipinski definition) is 4. The van der Waals surface area contributed by atoms with Crippen molar-refractivity contribution in [2.24, 2.45) is 0 Å². The van der Waals surface area contributed by atoms with E-state index < -0.39 is 23.8 Å². The molecule has 1 amide bonds. The molecule has 2 aromatic rings. The second-order valence-corrected chi connectivity index (χ2v) is 5.25. The average Bonchev–Trinajstić information content (AvgIpc) is 2.55. The third-order valence-electron chi connectivity index (χ3n) is 3.11. The van der Waals surface area contributed by atoms with Crippen LogP contribution in [0.4, 0.5) is 10.1 Å². The molecule has 1 N–H and O–H groups in total. The Morgan fingerprint density at radius 2 is 2.00 bits per heavy atom. The molecule has 0 spiro atoms. The van der Waals surface area contributed by atoms with Gasteiger partial charge in [-0.1, -0.05) is 23.7 Å². The Balaban J connectivity index is 2.06. The first-order valence-electron chi connectivity index (χ1n) is 6.88. The van der Waals surface area contributed by atoms with Crippen LogP contribution in [0.15, 0.2) is 42.5 Å². The van der Waals surface area contributed by atoms with Crippen molar-refractivity contribution in [1.82, 2.24) is 0 Å². The van der Waals surface area contributed by atoms with Gasteiger partial charge in [0.25, 0.3) is 5.91 Å². The highest BCUT2D eigenvalue weighted by atomic mass is 35.5. The highest BCUT2D eigenvalue weighted by Gasteiger charge is 2.22. The van der Waals surface area contributed by atoms with E-state index in [2.05, 4.69) is 5.32 Å². The highest BCUT2D eigenvalue weighted by molar-refractivity contribution is 6.30. The number of carbonyl (C=O) groups excluding carboxylic acids is 2. The number of rotatable bonds is 4. The van der Waals surface area contributed by atoms with E-state index in [-0.39, 0.29) is 16.1 Å². The fraction of sp³-hybridized carbons (Fsp3) is 0.118. The molecule has 0 bridgehead atoms. The van der Waals surface area contributed by atoms with Crippen LogP contribution in [0.3, 0.4) is 0 Å². The molecule has 0 radical (unpaired) electrons. The lowest BCUT2D eigenvalue weighted by molar-refractivity contribution is -0.123.